The Bertz CT molecular complexity index is 502. The smallest absolute Gasteiger partial charge is 0.229 e. The average Bonchev–Trinajstić information content (AvgIpc) is 2.85. The summed E-state index contributed by atoms with van der Waals surface area (Å²) in [5.74, 6) is 1.24. The van der Waals surface area contributed by atoms with Gasteiger partial charge in [0.1, 0.15) is 17.9 Å². The van der Waals surface area contributed by atoms with Gasteiger partial charge in [0.2, 0.25) is 5.90 Å². The molecule has 0 saturated heterocycles. The Morgan fingerprint density at radius 2 is 2.10 bits per heavy atom. The zero-order valence-corrected chi connectivity index (χ0v) is 12.8. The molecule has 0 fully saturated rings. The fraction of sp³-hybridized carbons (Fsp3) is 0.533. The third-order valence-corrected chi connectivity index (χ3v) is 3.77. The number of aliphatic hydroxyl groups is 1. The van der Waals surface area contributed by atoms with Gasteiger partial charge in [0.25, 0.3) is 0 Å². The Morgan fingerprint density at radius 1 is 1.45 bits per heavy atom. The van der Waals surface area contributed by atoms with Crippen LogP contribution in [0.25, 0.3) is 0 Å². The summed E-state index contributed by atoms with van der Waals surface area (Å²) in [6.45, 7) is 6.13. The van der Waals surface area contributed by atoms with E-state index in [1.54, 1.807) is 12.1 Å². The topological polar surface area (TPSA) is 51.0 Å². The van der Waals surface area contributed by atoms with Crippen molar-refractivity contribution in [2.45, 2.75) is 38.3 Å². The van der Waals surface area contributed by atoms with Crippen LogP contribution in [0.5, 0.6) is 5.75 Å². The molecule has 0 aliphatic carbocycles. The van der Waals surface area contributed by atoms with Crippen LogP contribution in [0.1, 0.15) is 27.2 Å². The summed E-state index contributed by atoms with van der Waals surface area (Å²) in [7, 11) is 0. The van der Waals surface area contributed by atoms with Crippen LogP contribution in [-0.4, -0.2) is 35.4 Å². The molecule has 4 nitrogen and oxygen atoms in total. The highest BCUT2D eigenvalue weighted by molar-refractivity contribution is 6.30. The van der Waals surface area contributed by atoms with Crippen molar-refractivity contribution in [3.05, 3.63) is 29.3 Å². The van der Waals surface area contributed by atoms with E-state index in [0.717, 1.165) is 0 Å². The van der Waals surface area contributed by atoms with Gasteiger partial charge in [-0.2, -0.15) is 0 Å². The van der Waals surface area contributed by atoms with Crippen LogP contribution >= 0.6 is 11.6 Å². The van der Waals surface area contributed by atoms with Crippen molar-refractivity contribution < 1.29 is 14.6 Å². The number of aliphatic hydroxyl groups excluding tert-OH is 1. The van der Waals surface area contributed by atoms with Crippen LogP contribution < -0.4 is 4.74 Å². The monoisotopic (exact) mass is 297 g/mol. The molecule has 0 radical (unpaired) electrons. The average molecular weight is 298 g/mol. The third kappa shape index (κ3) is 3.07. The molecule has 1 N–H and O–H groups in total. The first-order chi connectivity index (χ1) is 9.41. The molecule has 5 heteroatoms. The molecule has 0 aromatic heterocycles. The van der Waals surface area contributed by atoms with Crippen LogP contribution in [0.3, 0.4) is 0 Å². The molecule has 2 atom stereocenters. The summed E-state index contributed by atoms with van der Waals surface area (Å²) >= 11 is 5.87. The number of ether oxygens (including phenoxy) is 2. The lowest BCUT2D eigenvalue weighted by Gasteiger charge is -2.28. The van der Waals surface area contributed by atoms with Gasteiger partial charge in [0.15, 0.2) is 5.60 Å². The van der Waals surface area contributed by atoms with Crippen LogP contribution in [0.4, 0.5) is 0 Å². The van der Waals surface area contributed by atoms with E-state index in [1.807, 2.05) is 32.9 Å². The number of rotatable bonds is 5. The number of nitrogens with zero attached hydrogens (tertiary/aromatic N) is 1. The van der Waals surface area contributed by atoms with E-state index in [4.69, 9.17) is 21.1 Å². The summed E-state index contributed by atoms with van der Waals surface area (Å²) in [5, 5.41) is 10.0. The van der Waals surface area contributed by atoms with E-state index in [0.29, 0.717) is 29.7 Å². The molecule has 2 unspecified atom stereocenters. The molecule has 0 saturated carbocycles. The first-order valence-electron chi connectivity index (χ1n) is 6.69. The van der Waals surface area contributed by atoms with E-state index in [1.165, 1.54) is 0 Å². The maximum atomic E-state index is 9.36. The van der Waals surface area contributed by atoms with Gasteiger partial charge < -0.3 is 14.6 Å². The van der Waals surface area contributed by atoms with Crippen LogP contribution in [0, 0.1) is 0 Å². The maximum Gasteiger partial charge on any atom is 0.229 e. The fourth-order valence-corrected chi connectivity index (χ4v) is 2.04. The minimum atomic E-state index is -0.652. The van der Waals surface area contributed by atoms with E-state index < -0.39 is 11.1 Å². The molecule has 1 aromatic rings. The molecule has 1 aromatic carbocycles. The van der Waals surface area contributed by atoms with Crippen molar-refractivity contribution in [1.82, 2.24) is 0 Å². The maximum absolute atomic E-state index is 9.36. The normalized spacial score (nSPS) is 24.8. The van der Waals surface area contributed by atoms with E-state index in [-0.39, 0.29) is 6.61 Å². The lowest BCUT2D eigenvalue weighted by Crippen LogP contribution is -2.41. The van der Waals surface area contributed by atoms with Gasteiger partial charge in [-0.05, 0) is 44.5 Å². The minimum Gasteiger partial charge on any atom is -0.478 e. The van der Waals surface area contributed by atoms with E-state index in [9.17, 15) is 5.11 Å². The number of halogens is 1. The number of aliphatic imine (C=N–C) groups is 1. The van der Waals surface area contributed by atoms with Gasteiger partial charge in [-0.25, -0.2) is 4.99 Å². The SMILES string of the molecule is CCC(C)(Oc1ccc(Cl)cc1)C1=NC(C)(CO)CO1. The standard InChI is InChI=1S/C15H20ClNO3/c1-4-15(3,13-17-14(2,9-18)10-19-13)20-12-7-5-11(16)6-8-12/h5-8,18H,4,9-10H2,1-3H3. The predicted molar refractivity (Wildman–Crippen MR) is 79.7 cm³/mol. The molecule has 1 aliphatic heterocycles. The summed E-state index contributed by atoms with van der Waals surface area (Å²) in [4.78, 5) is 4.49. The Hall–Kier alpha value is -1.26. The molecular weight excluding hydrogens is 278 g/mol. The molecular formula is C15H20ClNO3. The summed E-state index contributed by atoms with van der Waals surface area (Å²) in [6, 6.07) is 7.19. The third-order valence-electron chi connectivity index (χ3n) is 3.52. The van der Waals surface area contributed by atoms with Crippen molar-refractivity contribution in [3.8, 4) is 5.75 Å². The minimum absolute atomic E-state index is 0.0444. The number of benzene rings is 1. The second-order valence-electron chi connectivity index (χ2n) is 5.50. The zero-order chi connectivity index (χ0) is 14.8. The Morgan fingerprint density at radius 3 is 2.60 bits per heavy atom. The molecule has 0 spiro atoms. The molecule has 0 bridgehead atoms. The largest absolute Gasteiger partial charge is 0.478 e. The number of hydrogen-bond donors (Lipinski definition) is 1. The van der Waals surface area contributed by atoms with Crippen LogP contribution in [-0.2, 0) is 4.74 Å². The highest BCUT2D eigenvalue weighted by Gasteiger charge is 2.41. The van der Waals surface area contributed by atoms with Crippen molar-refractivity contribution in [1.29, 1.82) is 0 Å². The highest BCUT2D eigenvalue weighted by Crippen LogP contribution is 2.29. The summed E-state index contributed by atoms with van der Waals surface area (Å²) in [6.07, 6.45) is 0.704. The van der Waals surface area contributed by atoms with Gasteiger partial charge in [0, 0.05) is 5.02 Å². The van der Waals surface area contributed by atoms with Crippen molar-refractivity contribution >= 4 is 17.5 Å². The second kappa shape index (κ2) is 5.62. The lowest BCUT2D eigenvalue weighted by atomic mass is 10.0. The zero-order valence-electron chi connectivity index (χ0n) is 12.0. The Kier molecular flexibility index (Phi) is 4.25. The molecule has 20 heavy (non-hydrogen) atoms. The van der Waals surface area contributed by atoms with Gasteiger partial charge in [-0.1, -0.05) is 18.5 Å². The number of hydrogen-bond acceptors (Lipinski definition) is 4. The molecule has 110 valence electrons. The first-order valence-corrected chi connectivity index (χ1v) is 7.07. The molecule has 1 heterocycles. The van der Waals surface area contributed by atoms with Crippen LogP contribution in [0.2, 0.25) is 5.02 Å². The lowest BCUT2D eigenvalue weighted by molar-refractivity contribution is 0.116. The van der Waals surface area contributed by atoms with Crippen molar-refractivity contribution in [2.75, 3.05) is 13.2 Å². The van der Waals surface area contributed by atoms with Gasteiger partial charge in [0.05, 0.1) is 6.61 Å². The van der Waals surface area contributed by atoms with Gasteiger partial charge in [-0.15, -0.1) is 0 Å². The van der Waals surface area contributed by atoms with Crippen molar-refractivity contribution in [3.63, 3.8) is 0 Å². The Labute approximate surface area is 124 Å². The van der Waals surface area contributed by atoms with Crippen LogP contribution in [0.15, 0.2) is 29.3 Å². The first kappa shape index (κ1) is 15.1. The van der Waals surface area contributed by atoms with Crippen molar-refractivity contribution in [2.24, 2.45) is 4.99 Å². The quantitative estimate of drug-likeness (QED) is 0.909. The molecule has 0 amide bonds. The second-order valence-corrected chi connectivity index (χ2v) is 5.94. The summed E-state index contributed by atoms with van der Waals surface area (Å²) < 4.78 is 11.7. The fourth-order valence-electron chi connectivity index (χ4n) is 1.92. The molecule has 2 rings (SSSR count). The predicted octanol–water partition coefficient (Wildman–Crippen LogP) is 3.07. The Balaban J connectivity index is 2.21. The summed E-state index contributed by atoms with van der Waals surface area (Å²) in [5.41, 5.74) is -1.23. The van der Waals surface area contributed by atoms with Gasteiger partial charge in [-0.3, -0.25) is 0 Å². The molecule has 1 aliphatic rings. The highest BCUT2D eigenvalue weighted by atomic mass is 35.5. The van der Waals surface area contributed by atoms with Gasteiger partial charge >= 0.3 is 0 Å². The van der Waals surface area contributed by atoms with E-state index in [2.05, 4.69) is 4.99 Å². The van der Waals surface area contributed by atoms with E-state index >= 15 is 0 Å².